The van der Waals surface area contributed by atoms with Crippen molar-refractivity contribution >= 4 is 28.6 Å². The first-order valence-electron chi connectivity index (χ1n) is 8.54. The molecule has 3 nitrogen and oxygen atoms in total. The average Bonchev–Trinajstić information content (AvgIpc) is 3.35. The molecule has 1 amide bonds. The van der Waals surface area contributed by atoms with Crippen LogP contribution in [-0.2, 0) is 11.2 Å². The number of nitrogens with zero attached hydrogens (tertiary/aromatic N) is 2. The van der Waals surface area contributed by atoms with Gasteiger partial charge in [-0.2, -0.15) is 11.3 Å². The van der Waals surface area contributed by atoms with Crippen molar-refractivity contribution in [1.29, 1.82) is 0 Å². The van der Waals surface area contributed by atoms with E-state index in [0.29, 0.717) is 12.3 Å². The Morgan fingerprint density at radius 2 is 2.08 bits per heavy atom. The summed E-state index contributed by atoms with van der Waals surface area (Å²) in [5.74, 6) is 0.620. The Balaban J connectivity index is 1.43. The molecule has 0 spiro atoms. The number of aromatic nitrogens is 1. The van der Waals surface area contributed by atoms with E-state index in [1.165, 1.54) is 5.56 Å². The number of hydrogen-bond acceptors (Lipinski definition) is 4. The summed E-state index contributed by atoms with van der Waals surface area (Å²) in [6.45, 7) is 3.00. The lowest BCUT2D eigenvalue weighted by Crippen LogP contribution is -2.36. The maximum Gasteiger partial charge on any atom is 0.228 e. The van der Waals surface area contributed by atoms with E-state index in [4.69, 9.17) is 0 Å². The summed E-state index contributed by atoms with van der Waals surface area (Å²) in [7, 11) is 0. The molecule has 1 saturated heterocycles. The number of carbonyl (C=O) groups excluding carboxylic acids is 1. The highest BCUT2D eigenvalue weighted by atomic mass is 32.1. The predicted molar refractivity (Wildman–Crippen MR) is 104 cm³/mol. The van der Waals surface area contributed by atoms with Gasteiger partial charge in [0.05, 0.1) is 12.1 Å². The van der Waals surface area contributed by atoms with Crippen molar-refractivity contribution < 1.29 is 4.79 Å². The maximum atomic E-state index is 12.8. The topological polar surface area (TPSA) is 33.2 Å². The van der Waals surface area contributed by atoms with Crippen molar-refractivity contribution in [3.8, 4) is 10.6 Å². The second kappa shape index (κ2) is 7.10. The predicted octanol–water partition coefficient (Wildman–Crippen LogP) is 4.82. The second-order valence-corrected chi connectivity index (χ2v) is 8.10. The van der Waals surface area contributed by atoms with E-state index in [0.717, 1.165) is 29.2 Å². The number of thiazole rings is 1. The summed E-state index contributed by atoms with van der Waals surface area (Å²) in [6.07, 6.45) is 1.43. The molecule has 1 fully saturated rings. The van der Waals surface area contributed by atoms with E-state index >= 15 is 0 Å². The van der Waals surface area contributed by atoms with E-state index in [2.05, 4.69) is 53.0 Å². The van der Waals surface area contributed by atoms with Gasteiger partial charge in [-0.3, -0.25) is 4.79 Å². The SMILES string of the molecule is CC1C(c2ccccc2)CCN1C(=O)Cc1csc(-c2ccsc2)n1. The van der Waals surface area contributed by atoms with Crippen LogP contribution in [0.4, 0.5) is 0 Å². The number of carbonyl (C=O) groups is 1. The van der Waals surface area contributed by atoms with Crippen molar-refractivity contribution in [2.45, 2.75) is 31.7 Å². The van der Waals surface area contributed by atoms with E-state index in [9.17, 15) is 4.79 Å². The Hall–Kier alpha value is -1.98. The van der Waals surface area contributed by atoms with Gasteiger partial charge >= 0.3 is 0 Å². The van der Waals surface area contributed by atoms with Crippen molar-refractivity contribution in [3.63, 3.8) is 0 Å². The quantitative estimate of drug-likeness (QED) is 0.661. The van der Waals surface area contributed by atoms with E-state index in [1.807, 2.05) is 16.3 Å². The van der Waals surface area contributed by atoms with Crippen molar-refractivity contribution in [3.05, 3.63) is 63.8 Å². The van der Waals surface area contributed by atoms with Gasteiger partial charge in [0.1, 0.15) is 5.01 Å². The van der Waals surface area contributed by atoms with Gasteiger partial charge in [-0.1, -0.05) is 30.3 Å². The van der Waals surface area contributed by atoms with Crippen molar-refractivity contribution in [2.24, 2.45) is 0 Å². The Labute approximate surface area is 156 Å². The fourth-order valence-corrected chi connectivity index (χ4v) is 5.13. The Bertz CT molecular complexity index is 842. The second-order valence-electron chi connectivity index (χ2n) is 6.47. The summed E-state index contributed by atoms with van der Waals surface area (Å²) >= 11 is 3.28. The van der Waals surface area contributed by atoms with Crippen LogP contribution in [0.1, 0.15) is 30.5 Å². The molecule has 128 valence electrons. The van der Waals surface area contributed by atoms with Gasteiger partial charge in [0.25, 0.3) is 0 Å². The third kappa shape index (κ3) is 3.39. The molecule has 5 heteroatoms. The van der Waals surface area contributed by atoms with Crippen LogP contribution in [0.5, 0.6) is 0 Å². The smallest absolute Gasteiger partial charge is 0.228 e. The molecule has 1 aliphatic heterocycles. The van der Waals surface area contributed by atoms with Gasteiger partial charge in [-0.25, -0.2) is 4.98 Å². The van der Waals surface area contributed by atoms with Gasteiger partial charge in [0.2, 0.25) is 5.91 Å². The van der Waals surface area contributed by atoms with Gasteiger partial charge in [-0.15, -0.1) is 11.3 Å². The largest absolute Gasteiger partial charge is 0.339 e. The zero-order valence-electron chi connectivity index (χ0n) is 14.1. The normalized spacial score (nSPS) is 20.1. The average molecular weight is 369 g/mol. The number of hydrogen-bond donors (Lipinski definition) is 0. The van der Waals surface area contributed by atoms with Crippen LogP contribution >= 0.6 is 22.7 Å². The van der Waals surface area contributed by atoms with Gasteiger partial charge < -0.3 is 4.90 Å². The summed E-state index contributed by atoms with van der Waals surface area (Å²) in [5, 5.41) is 7.16. The number of amides is 1. The van der Waals surface area contributed by atoms with Crippen LogP contribution in [0.3, 0.4) is 0 Å². The highest BCUT2D eigenvalue weighted by Gasteiger charge is 2.34. The minimum atomic E-state index is 0.188. The molecule has 0 saturated carbocycles. The van der Waals surface area contributed by atoms with Crippen LogP contribution in [0.25, 0.3) is 10.6 Å². The van der Waals surface area contributed by atoms with Crippen LogP contribution in [0.2, 0.25) is 0 Å². The first-order valence-corrected chi connectivity index (χ1v) is 10.4. The molecule has 0 bridgehead atoms. The highest BCUT2D eigenvalue weighted by molar-refractivity contribution is 7.14. The zero-order chi connectivity index (χ0) is 17.2. The molecular formula is C20H20N2OS2. The zero-order valence-corrected chi connectivity index (χ0v) is 15.7. The molecular weight excluding hydrogens is 348 g/mol. The lowest BCUT2D eigenvalue weighted by Gasteiger charge is -2.25. The third-order valence-electron chi connectivity index (χ3n) is 4.96. The summed E-state index contributed by atoms with van der Waals surface area (Å²) in [6, 6.07) is 12.8. The molecule has 2 atom stereocenters. The van der Waals surface area contributed by atoms with E-state index < -0.39 is 0 Å². The van der Waals surface area contributed by atoms with Crippen LogP contribution in [0, 0.1) is 0 Å². The molecule has 2 unspecified atom stereocenters. The van der Waals surface area contributed by atoms with Gasteiger partial charge in [0.15, 0.2) is 0 Å². The molecule has 1 aromatic carbocycles. The Morgan fingerprint density at radius 3 is 2.84 bits per heavy atom. The minimum Gasteiger partial charge on any atom is -0.339 e. The van der Waals surface area contributed by atoms with Crippen LogP contribution < -0.4 is 0 Å². The number of thiophene rings is 1. The Morgan fingerprint density at radius 1 is 1.24 bits per heavy atom. The molecule has 3 aromatic rings. The lowest BCUT2D eigenvalue weighted by atomic mass is 9.93. The Kier molecular flexibility index (Phi) is 4.68. The third-order valence-corrected chi connectivity index (χ3v) is 6.58. The highest BCUT2D eigenvalue weighted by Crippen LogP contribution is 2.33. The maximum absolute atomic E-state index is 12.8. The van der Waals surface area contributed by atoms with Crippen LogP contribution in [0.15, 0.2) is 52.5 Å². The lowest BCUT2D eigenvalue weighted by molar-refractivity contribution is -0.131. The van der Waals surface area contributed by atoms with Crippen LogP contribution in [-0.4, -0.2) is 28.4 Å². The molecule has 2 aromatic heterocycles. The summed E-state index contributed by atoms with van der Waals surface area (Å²) in [5.41, 5.74) is 3.36. The minimum absolute atomic E-state index is 0.188. The summed E-state index contributed by atoms with van der Waals surface area (Å²) < 4.78 is 0. The number of rotatable bonds is 4. The molecule has 25 heavy (non-hydrogen) atoms. The summed E-state index contributed by atoms with van der Waals surface area (Å²) in [4.78, 5) is 19.5. The molecule has 0 aliphatic carbocycles. The monoisotopic (exact) mass is 368 g/mol. The fraction of sp³-hybridized carbons (Fsp3) is 0.300. The van der Waals surface area contributed by atoms with Gasteiger partial charge in [0, 0.05) is 34.8 Å². The molecule has 0 radical (unpaired) electrons. The number of benzene rings is 1. The first kappa shape index (κ1) is 16.5. The standard InChI is InChI=1S/C20H20N2OS2/c1-14-18(15-5-3-2-4-6-15)7-9-22(14)19(23)11-17-13-25-20(21-17)16-8-10-24-12-16/h2-6,8,10,12-14,18H,7,9,11H2,1H3. The number of likely N-dealkylation sites (tertiary alicyclic amines) is 1. The molecule has 1 aliphatic rings. The van der Waals surface area contributed by atoms with Crippen molar-refractivity contribution in [2.75, 3.05) is 6.54 Å². The van der Waals surface area contributed by atoms with Gasteiger partial charge in [-0.05, 0) is 30.4 Å². The molecule has 0 N–H and O–H groups in total. The molecule has 4 rings (SSSR count). The molecule has 3 heterocycles. The fourth-order valence-electron chi connectivity index (χ4n) is 3.60. The van der Waals surface area contributed by atoms with E-state index in [-0.39, 0.29) is 11.9 Å². The van der Waals surface area contributed by atoms with E-state index in [1.54, 1.807) is 22.7 Å². The van der Waals surface area contributed by atoms with Crippen molar-refractivity contribution in [1.82, 2.24) is 9.88 Å². The first-order chi connectivity index (χ1) is 12.2.